The van der Waals surface area contributed by atoms with Crippen molar-refractivity contribution in [2.75, 3.05) is 13.1 Å². The molecule has 1 aromatic rings. The Morgan fingerprint density at radius 2 is 2.47 bits per heavy atom. The SMILES string of the molecule is C[C@H]1C[C@@H]2CCN(C(=O)/C=C/c3cccs3)C[C@H]2O1. The molecule has 3 rings (SSSR count). The molecular weight excluding hydrogens is 258 g/mol. The average Bonchev–Trinajstić information content (AvgIpc) is 3.02. The van der Waals surface area contributed by atoms with Crippen LogP contribution in [0.5, 0.6) is 0 Å². The summed E-state index contributed by atoms with van der Waals surface area (Å²) in [6.45, 7) is 3.74. The number of carbonyl (C=O) groups is 1. The summed E-state index contributed by atoms with van der Waals surface area (Å²) in [6, 6.07) is 4.01. The summed E-state index contributed by atoms with van der Waals surface area (Å²) in [6.07, 6.45) is 6.42. The van der Waals surface area contributed by atoms with Crippen LogP contribution in [0.3, 0.4) is 0 Å². The highest BCUT2D eigenvalue weighted by Crippen LogP contribution is 2.32. The number of hydrogen-bond donors (Lipinski definition) is 0. The molecule has 0 N–H and O–H groups in total. The van der Waals surface area contributed by atoms with Gasteiger partial charge in [0, 0.05) is 24.0 Å². The molecular formula is C15H19NO2S. The molecule has 0 radical (unpaired) electrons. The fourth-order valence-electron chi connectivity index (χ4n) is 3.01. The number of ether oxygens (including phenoxy) is 1. The molecule has 3 nitrogen and oxygen atoms in total. The van der Waals surface area contributed by atoms with Gasteiger partial charge < -0.3 is 9.64 Å². The van der Waals surface area contributed by atoms with E-state index in [0.29, 0.717) is 12.0 Å². The van der Waals surface area contributed by atoms with Gasteiger partial charge in [0.05, 0.1) is 12.2 Å². The predicted octanol–water partition coefficient (Wildman–Crippen LogP) is 2.79. The van der Waals surface area contributed by atoms with E-state index >= 15 is 0 Å². The van der Waals surface area contributed by atoms with Crippen molar-refractivity contribution < 1.29 is 9.53 Å². The van der Waals surface area contributed by atoms with E-state index in [1.165, 1.54) is 0 Å². The Bertz CT molecular complexity index is 468. The van der Waals surface area contributed by atoms with Gasteiger partial charge in [0.25, 0.3) is 0 Å². The number of thiophene rings is 1. The number of carbonyl (C=O) groups excluding carboxylic acids is 1. The van der Waals surface area contributed by atoms with Crippen LogP contribution in [-0.4, -0.2) is 36.1 Å². The van der Waals surface area contributed by atoms with Gasteiger partial charge in [0.1, 0.15) is 0 Å². The zero-order chi connectivity index (χ0) is 13.2. The monoisotopic (exact) mass is 277 g/mol. The van der Waals surface area contributed by atoms with Gasteiger partial charge in [0.15, 0.2) is 0 Å². The first-order valence-corrected chi connectivity index (χ1v) is 7.76. The second-order valence-corrected chi connectivity index (χ2v) is 6.38. The third-order valence-corrected chi connectivity index (χ3v) is 4.82. The Labute approximate surface area is 117 Å². The second kappa shape index (κ2) is 5.47. The first-order chi connectivity index (χ1) is 9.22. The maximum absolute atomic E-state index is 12.2. The number of fused-ring (bicyclic) bond motifs is 1. The predicted molar refractivity (Wildman–Crippen MR) is 77.0 cm³/mol. The van der Waals surface area contributed by atoms with E-state index in [4.69, 9.17) is 4.74 Å². The van der Waals surface area contributed by atoms with Crippen molar-refractivity contribution in [1.29, 1.82) is 0 Å². The van der Waals surface area contributed by atoms with Crippen LogP contribution in [0.15, 0.2) is 23.6 Å². The summed E-state index contributed by atoms with van der Waals surface area (Å²) in [7, 11) is 0. The van der Waals surface area contributed by atoms with Gasteiger partial charge in [-0.3, -0.25) is 4.79 Å². The number of piperidine rings is 1. The minimum absolute atomic E-state index is 0.106. The zero-order valence-corrected chi connectivity index (χ0v) is 11.9. The molecule has 0 aliphatic carbocycles. The maximum atomic E-state index is 12.2. The lowest BCUT2D eigenvalue weighted by Crippen LogP contribution is -2.44. The molecule has 0 spiro atoms. The minimum atomic E-state index is 0.106. The highest BCUT2D eigenvalue weighted by Gasteiger charge is 2.38. The van der Waals surface area contributed by atoms with E-state index in [0.717, 1.165) is 30.8 Å². The van der Waals surface area contributed by atoms with E-state index in [2.05, 4.69) is 6.92 Å². The summed E-state index contributed by atoms with van der Waals surface area (Å²) in [5, 5.41) is 2.02. The fraction of sp³-hybridized carbons (Fsp3) is 0.533. The van der Waals surface area contributed by atoms with E-state index in [1.54, 1.807) is 17.4 Å². The first-order valence-electron chi connectivity index (χ1n) is 6.88. The molecule has 1 aromatic heterocycles. The molecule has 2 aliphatic heterocycles. The molecule has 102 valence electrons. The van der Waals surface area contributed by atoms with Gasteiger partial charge in [-0.25, -0.2) is 0 Å². The summed E-state index contributed by atoms with van der Waals surface area (Å²) < 4.78 is 5.88. The topological polar surface area (TPSA) is 29.5 Å². The average molecular weight is 277 g/mol. The number of rotatable bonds is 2. The van der Waals surface area contributed by atoms with Crippen LogP contribution in [0.2, 0.25) is 0 Å². The molecule has 4 heteroatoms. The van der Waals surface area contributed by atoms with Crippen molar-refractivity contribution in [2.24, 2.45) is 5.92 Å². The fourth-order valence-corrected chi connectivity index (χ4v) is 3.63. The summed E-state index contributed by atoms with van der Waals surface area (Å²) >= 11 is 1.65. The summed E-state index contributed by atoms with van der Waals surface area (Å²) in [4.78, 5) is 15.2. The van der Waals surface area contributed by atoms with Crippen LogP contribution < -0.4 is 0 Å². The molecule has 2 aliphatic rings. The lowest BCUT2D eigenvalue weighted by Gasteiger charge is -2.33. The van der Waals surface area contributed by atoms with E-state index in [9.17, 15) is 4.79 Å². The van der Waals surface area contributed by atoms with Crippen LogP contribution in [0.1, 0.15) is 24.6 Å². The first kappa shape index (κ1) is 12.9. The summed E-state index contributed by atoms with van der Waals surface area (Å²) in [5.41, 5.74) is 0. The van der Waals surface area contributed by atoms with Crippen molar-refractivity contribution in [3.8, 4) is 0 Å². The Balaban J connectivity index is 1.59. The third-order valence-electron chi connectivity index (χ3n) is 3.98. The molecule has 0 bridgehead atoms. The van der Waals surface area contributed by atoms with Crippen LogP contribution in [0, 0.1) is 5.92 Å². The van der Waals surface area contributed by atoms with Gasteiger partial charge >= 0.3 is 0 Å². The van der Waals surface area contributed by atoms with Crippen LogP contribution in [0.25, 0.3) is 6.08 Å². The quantitative estimate of drug-likeness (QED) is 0.778. The van der Waals surface area contributed by atoms with Crippen molar-refractivity contribution in [2.45, 2.75) is 32.0 Å². The molecule has 19 heavy (non-hydrogen) atoms. The molecule has 0 unspecified atom stereocenters. The van der Waals surface area contributed by atoms with Gasteiger partial charge in [-0.2, -0.15) is 0 Å². The number of amides is 1. The highest BCUT2D eigenvalue weighted by molar-refractivity contribution is 7.10. The van der Waals surface area contributed by atoms with Crippen molar-refractivity contribution in [3.05, 3.63) is 28.5 Å². The smallest absolute Gasteiger partial charge is 0.246 e. The normalized spacial score (nSPS) is 30.8. The van der Waals surface area contributed by atoms with Crippen LogP contribution >= 0.6 is 11.3 Å². The number of nitrogens with zero attached hydrogens (tertiary/aromatic N) is 1. The van der Waals surface area contributed by atoms with Crippen LogP contribution in [0.4, 0.5) is 0 Å². The number of hydrogen-bond acceptors (Lipinski definition) is 3. The van der Waals surface area contributed by atoms with Gasteiger partial charge in [-0.1, -0.05) is 6.07 Å². The van der Waals surface area contributed by atoms with Gasteiger partial charge in [0.2, 0.25) is 5.91 Å². The van der Waals surface area contributed by atoms with Gasteiger partial charge in [-0.05, 0) is 43.2 Å². The molecule has 2 fully saturated rings. The van der Waals surface area contributed by atoms with E-state index < -0.39 is 0 Å². The summed E-state index contributed by atoms with van der Waals surface area (Å²) in [5.74, 6) is 0.760. The lowest BCUT2D eigenvalue weighted by atomic mass is 9.92. The van der Waals surface area contributed by atoms with Crippen molar-refractivity contribution in [3.63, 3.8) is 0 Å². The molecule has 0 saturated carbocycles. The minimum Gasteiger partial charge on any atom is -0.373 e. The largest absolute Gasteiger partial charge is 0.373 e. The Morgan fingerprint density at radius 3 is 3.26 bits per heavy atom. The molecule has 0 aromatic carbocycles. The Kier molecular flexibility index (Phi) is 3.71. The molecule has 2 saturated heterocycles. The van der Waals surface area contributed by atoms with E-state index in [1.807, 2.05) is 28.5 Å². The Morgan fingerprint density at radius 1 is 1.58 bits per heavy atom. The highest BCUT2D eigenvalue weighted by atomic mass is 32.1. The molecule has 3 atom stereocenters. The maximum Gasteiger partial charge on any atom is 0.246 e. The Hall–Kier alpha value is -1.13. The molecule has 1 amide bonds. The van der Waals surface area contributed by atoms with Crippen molar-refractivity contribution >= 4 is 23.3 Å². The lowest BCUT2D eigenvalue weighted by molar-refractivity contribution is -0.130. The van der Waals surface area contributed by atoms with Gasteiger partial charge in [-0.15, -0.1) is 11.3 Å². The third kappa shape index (κ3) is 2.90. The molecule has 3 heterocycles. The number of likely N-dealkylation sites (tertiary alicyclic amines) is 1. The van der Waals surface area contributed by atoms with Crippen LogP contribution in [-0.2, 0) is 9.53 Å². The zero-order valence-electron chi connectivity index (χ0n) is 11.1. The second-order valence-electron chi connectivity index (χ2n) is 5.40. The van der Waals surface area contributed by atoms with Crippen molar-refractivity contribution in [1.82, 2.24) is 4.90 Å². The standard InChI is InChI=1S/C15H19NO2S/c1-11-9-12-6-7-16(10-14(12)18-11)15(17)5-4-13-3-2-8-19-13/h2-5,8,11-12,14H,6-7,9-10H2,1H3/b5-4+/t11-,12-,14+/m0/s1. The van der Waals surface area contributed by atoms with E-state index in [-0.39, 0.29) is 12.0 Å².